The number of para-hydroxylation sites is 2. The number of amides is 1. The van der Waals surface area contributed by atoms with Gasteiger partial charge in [-0.25, -0.2) is 0 Å². The lowest BCUT2D eigenvalue weighted by Crippen LogP contribution is -2.41. The van der Waals surface area contributed by atoms with Crippen LogP contribution in [0.1, 0.15) is 23.3 Å². The number of nitrogens with zero attached hydrogens (tertiary/aromatic N) is 2. The molecule has 5 nitrogen and oxygen atoms in total. The summed E-state index contributed by atoms with van der Waals surface area (Å²) in [5.74, 6) is 0.875. The van der Waals surface area contributed by atoms with Gasteiger partial charge in [-0.05, 0) is 24.3 Å². The Morgan fingerprint density at radius 2 is 1.79 bits per heavy atom. The zero-order valence-electron chi connectivity index (χ0n) is 15.5. The van der Waals surface area contributed by atoms with E-state index in [1.54, 1.807) is 6.20 Å². The number of carbonyl (C=O) groups is 1. The minimum Gasteiger partial charge on any atom is -0.488 e. The normalized spacial score (nSPS) is 15.2. The van der Waals surface area contributed by atoms with Crippen LogP contribution in [0.25, 0.3) is 21.8 Å². The first-order valence-corrected chi connectivity index (χ1v) is 9.65. The molecule has 28 heavy (non-hydrogen) atoms. The molecule has 0 unspecified atom stereocenters. The van der Waals surface area contributed by atoms with Crippen LogP contribution in [-0.2, 0) is 0 Å². The van der Waals surface area contributed by atoms with Gasteiger partial charge in [0.1, 0.15) is 23.1 Å². The highest BCUT2D eigenvalue weighted by Gasteiger charge is 2.26. The summed E-state index contributed by atoms with van der Waals surface area (Å²) in [5.41, 5.74) is 2.54. The molecule has 0 bridgehead atoms. The highest BCUT2D eigenvalue weighted by Crippen LogP contribution is 2.27. The van der Waals surface area contributed by atoms with Gasteiger partial charge in [-0.2, -0.15) is 0 Å². The molecule has 1 saturated heterocycles. The van der Waals surface area contributed by atoms with Gasteiger partial charge < -0.3 is 14.6 Å². The molecule has 0 saturated carbocycles. The molecule has 0 radical (unpaired) electrons. The molecular formula is C23H21N3O2. The van der Waals surface area contributed by atoms with Crippen LogP contribution < -0.4 is 4.74 Å². The van der Waals surface area contributed by atoms with Crippen LogP contribution in [-0.4, -0.2) is 40.0 Å². The fourth-order valence-corrected chi connectivity index (χ4v) is 3.89. The Morgan fingerprint density at radius 1 is 1.00 bits per heavy atom. The molecule has 2 aromatic heterocycles. The van der Waals surface area contributed by atoms with Crippen molar-refractivity contribution in [3.8, 4) is 5.75 Å². The third kappa shape index (κ3) is 3.09. The summed E-state index contributed by atoms with van der Waals surface area (Å²) in [5, 5.41) is 2.14. The van der Waals surface area contributed by atoms with Gasteiger partial charge in [0.15, 0.2) is 0 Å². The van der Waals surface area contributed by atoms with E-state index in [0.29, 0.717) is 18.8 Å². The number of aromatic nitrogens is 2. The molecule has 0 aliphatic carbocycles. The molecule has 140 valence electrons. The van der Waals surface area contributed by atoms with Crippen molar-refractivity contribution in [2.24, 2.45) is 0 Å². The van der Waals surface area contributed by atoms with E-state index in [1.807, 2.05) is 65.6 Å². The van der Waals surface area contributed by atoms with E-state index in [4.69, 9.17) is 4.74 Å². The summed E-state index contributed by atoms with van der Waals surface area (Å²) in [4.78, 5) is 22.5. The van der Waals surface area contributed by atoms with Crippen LogP contribution in [0.15, 0.2) is 66.9 Å². The molecule has 4 aromatic rings. The molecule has 0 atom stereocenters. The Kier molecular flexibility index (Phi) is 4.20. The summed E-state index contributed by atoms with van der Waals surface area (Å²) >= 11 is 0. The second kappa shape index (κ2) is 7.00. The quantitative estimate of drug-likeness (QED) is 0.581. The third-order valence-electron chi connectivity index (χ3n) is 5.38. The molecule has 5 heteroatoms. The van der Waals surface area contributed by atoms with Gasteiger partial charge in [0.05, 0.1) is 0 Å². The van der Waals surface area contributed by atoms with Crippen LogP contribution in [0.5, 0.6) is 5.75 Å². The first-order chi connectivity index (χ1) is 13.8. The number of carbonyl (C=O) groups excluding carboxylic acids is 1. The Labute approximate surface area is 162 Å². The molecule has 1 amide bonds. The minimum absolute atomic E-state index is 0.0569. The van der Waals surface area contributed by atoms with Crippen molar-refractivity contribution >= 4 is 27.7 Å². The Morgan fingerprint density at radius 3 is 2.64 bits per heavy atom. The maximum Gasteiger partial charge on any atom is 0.270 e. The first-order valence-electron chi connectivity index (χ1n) is 9.65. The second-order valence-corrected chi connectivity index (χ2v) is 7.21. The van der Waals surface area contributed by atoms with Gasteiger partial charge in [0.2, 0.25) is 0 Å². The van der Waals surface area contributed by atoms with E-state index in [0.717, 1.165) is 40.4 Å². The molecule has 1 N–H and O–H groups in total. The number of hydrogen-bond donors (Lipinski definition) is 1. The van der Waals surface area contributed by atoms with Gasteiger partial charge in [-0.15, -0.1) is 0 Å². The van der Waals surface area contributed by atoms with E-state index in [9.17, 15) is 4.79 Å². The smallest absolute Gasteiger partial charge is 0.270 e. The molecule has 2 aromatic carbocycles. The summed E-state index contributed by atoms with van der Waals surface area (Å²) in [6.45, 7) is 1.38. The number of pyridine rings is 1. The zero-order valence-corrected chi connectivity index (χ0v) is 15.5. The average Bonchev–Trinajstić information content (AvgIpc) is 3.18. The SMILES string of the molecule is O=C(c1cc2ccccc2[nH]1)N1CCC(Oc2cccc3cccnc23)CC1. The number of hydrogen-bond acceptors (Lipinski definition) is 3. The van der Waals surface area contributed by atoms with Crippen molar-refractivity contribution in [2.45, 2.75) is 18.9 Å². The summed E-state index contributed by atoms with van der Waals surface area (Å²) in [6.07, 6.45) is 3.51. The maximum absolute atomic E-state index is 12.9. The Bertz CT molecular complexity index is 1100. The number of rotatable bonds is 3. The van der Waals surface area contributed by atoms with Gasteiger partial charge >= 0.3 is 0 Å². The fraction of sp³-hybridized carbons (Fsp3) is 0.217. The van der Waals surface area contributed by atoms with E-state index in [1.165, 1.54) is 0 Å². The van der Waals surface area contributed by atoms with E-state index >= 15 is 0 Å². The number of ether oxygens (including phenoxy) is 1. The summed E-state index contributed by atoms with van der Waals surface area (Å²) in [6, 6.07) is 19.9. The number of likely N-dealkylation sites (tertiary alicyclic amines) is 1. The number of nitrogens with one attached hydrogen (secondary N) is 1. The van der Waals surface area contributed by atoms with Gasteiger partial charge in [-0.3, -0.25) is 9.78 Å². The van der Waals surface area contributed by atoms with Crippen molar-refractivity contribution in [3.63, 3.8) is 0 Å². The monoisotopic (exact) mass is 371 g/mol. The highest BCUT2D eigenvalue weighted by atomic mass is 16.5. The average molecular weight is 371 g/mol. The minimum atomic E-state index is 0.0569. The van der Waals surface area contributed by atoms with Crippen LogP contribution in [0.3, 0.4) is 0 Å². The number of fused-ring (bicyclic) bond motifs is 2. The predicted octanol–water partition coefficient (Wildman–Crippen LogP) is 4.40. The lowest BCUT2D eigenvalue weighted by Gasteiger charge is -2.32. The third-order valence-corrected chi connectivity index (χ3v) is 5.38. The van der Waals surface area contributed by atoms with Crippen molar-refractivity contribution in [1.29, 1.82) is 0 Å². The number of aromatic amines is 1. The Hall–Kier alpha value is -3.34. The fourth-order valence-electron chi connectivity index (χ4n) is 3.89. The first kappa shape index (κ1) is 16.8. The number of H-pyrrole nitrogens is 1. The highest BCUT2D eigenvalue weighted by molar-refractivity contribution is 5.98. The van der Waals surface area contributed by atoms with E-state index in [2.05, 4.69) is 9.97 Å². The van der Waals surface area contributed by atoms with E-state index in [-0.39, 0.29) is 12.0 Å². The number of benzene rings is 2. The molecule has 1 fully saturated rings. The largest absolute Gasteiger partial charge is 0.488 e. The maximum atomic E-state index is 12.9. The number of piperidine rings is 1. The Balaban J connectivity index is 1.26. The van der Waals surface area contributed by atoms with E-state index < -0.39 is 0 Å². The lowest BCUT2D eigenvalue weighted by atomic mass is 10.1. The predicted molar refractivity (Wildman–Crippen MR) is 110 cm³/mol. The van der Waals surface area contributed by atoms with Crippen LogP contribution in [0, 0.1) is 0 Å². The van der Waals surface area contributed by atoms with Crippen molar-refractivity contribution in [1.82, 2.24) is 14.9 Å². The summed E-state index contributed by atoms with van der Waals surface area (Å²) in [7, 11) is 0. The van der Waals surface area contributed by atoms with Crippen molar-refractivity contribution in [2.75, 3.05) is 13.1 Å². The van der Waals surface area contributed by atoms with Crippen molar-refractivity contribution in [3.05, 3.63) is 72.6 Å². The van der Waals surface area contributed by atoms with Crippen LogP contribution in [0.2, 0.25) is 0 Å². The van der Waals surface area contributed by atoms with Crippen LogP contribution >= 0.6 is 0 Å². The zero-order chi connectivity index (χ0) is 18.9. The molecule has 1 aliphatic heterocycles. The standard InChI is InChI=1S/C23H21N3O2/c27-23(20-15-17-5-1-2-8-19(17)25-20)26-13-10-18(11-14-26)28-21-9-3-6-16-7-4-12-24-22(16)21/h1-9,12,15,18,25H,10-11,13-14H2. The van der Waals surface area contributed by atoms with Crippen LogP contribution in [0.4, 0.5) is 0 Å². The van der Waals surface area contributed by atoms with Gasteiger partial charge in [-0.1, -0.05) is 36.4 Å². The van der Waals surface area contributed by atoms with Gasteiger partial charge in [0, 0.05) is 48.4 Å². The van der Waals surface area contributed by atoms with Crippen molar-refractivity contribution < 1.29 is 9.53 Å². The topological polar surface area (TPSA) is 58.2 Å². The second-order valence-electron chi connectivity index (χ2n) is 7.21. The molecule has 0 spiro atoms. The summed E-state index contributed by atoms with van der Waals surface area (Å²) < 4.78 is 6.24. The lowest BCUT2D eigenvalue weighted by molar-refractivity contribution is 0.0593. The molecule has 3 heterocycles. The molecular weight excluding hydrogens is 350 g/mol. The van der Waals surface area contributed by atoms with Gasteiger partial charge in [0.25, 0.3) is 5.91 Å². The molecule has 5 rings (SSSR count). The molecule has 1 aliphatic rings.